The zero-order valence-corrected chi connectivity index (χ0v) is 19.2. The lowest BCUT2D eigenvalue weighted by Gasteiger charge is -2.37. The van der Waals surface area contributed by atoms with Crippen LogP contribution in [0, 0.1) is 5.82 Å². The van der Waals surface area contributed by atoms with Crippen molar-refractivity contribution in [3.8, 4) is 11.4 Å². The lowest BCUT2D eigenvalue weighted by molar-refractivity contribution is 0.188. The normalized spacial score (nSPS) is 16.4. The van der Waals surface area contributed by atoms with Crippen molar-refractivity contribution in [3.63, 3.8) is 0 Å². The first-order chi connectivity index (χ1) is 15.5. The summed E-state index contributed by atoms with van der Waals surface area (Å²) < 4.78 is 24.5. The topological polar surface area (TPSA) is 63.4 Å². The van der Waals surface area contributed by atoms with Crippen LogP contribution in [0.2, 0.25) is 5.02 Å². The molecule has 1 aliphatic rings. The van der Waals surface area contributed by atoms with Crippen LogP contribution in [-0.4, -0.2) is 40.4 Å². The maximum Gasteiger partial charge on any atom is 0.258 e. The van der Waals surface area contributed by atoms with E-state index in [1.54, 1.807) is 19.2 Å². The molecule has 0 aliphatic carbocycles. The fourth-order valence-electron chi connectivity index (χ4n) is 3.71. The number of hydrogen-bond donors (Lipinski definition) is 1. The number of aromatic nitrogens is 2. The molecule has 0 bridgehead atoms. The van der Waals surface area contributed by atoms with E-state index in [0.29, 0.717) is 40.6 Å². The largest absolute Gasteiger partial charge is 0.385 e. The molecule has 2 aromatic carbocycles. The van der Waals surface area contributed by atoms with E-state index in [4.69, 9.17) is 33.1 Å². The van der Waals surface area contributed by atoms with E-state index in [1.807, 2.05) is 36.1 Å². The van der Waals surface area contributed by atoms with Crippen molar-refractivity contribution in [2.24, 2.45) is 0 Å². The van der Waals surface area contributed by atoms with Crippen LogP contribution in [0.15, 0.2) is 58.8 Å². The van der Waals surface area contributed by atoms with Gasteiger partial charge in [0.1, 0.15) is 5.82 Å². The first kappa shape index (κ1) is 22.4. The summed E-state index contributed by atoms with van der Waals surface area (Å²) in [4.78, 5) is 6.58. The van der Waals surface area contributed by atoms with Crippen molar-refractivity contribution >= 4 is 34.5 Å². The van der Waals surface area contributed by atoms with E-state index in [9.17, 15) is 4.39 Å². The van der Waals surface area contributed by atoms with Crippen molar-refractivity contribution in [3.05, 3.63) is 76.5 Å². The van der Waals surface area contributed by atoms with Crippen LogP contribution in [0.3, 0.4) is 0 Å². The summed E-state index contributed by atoms with van der Waals surface area (Å²) in [5, 5.41) is 8.68. The van der Waals surface area contributed by atoms with Crippen LogP contribution in [0.4, 0.5) is 4.39 Å². The summed E-state index contributed by atoms with van der Waals surface area (Å²) in [5.74, 6) is 0.275. The molecule has 6 nitrogen and oxygen atoms in total. The number of nitrogens with zero attached hydrogens (tertiary/aromatic N) is 3. The van der Waals surface area contributed by atoms with E-state index < -0.39 is 0 Å². The fourth-order valence-corrected chi connectivity index (χ4v) is 4.25. The average molecular weight is 473 g/mol. The molecule has 0 radical (unpaired) electrons. The Kier molecular flexibility index (Phi) is 6.83. The number of rotatable bonds is 7. The minimum Gasteiger partial charge on any atom is -0.385 e. The lowest BCUT2D eigenvalue weighted by atomic mass is 9.94. The molecule has 1 atom stereocenters. The summed E-state index contributed by atoms with van der Waals surface area (Å²) in [6.07, 6.45) is 0.795. The van der Waals surface area contributed by atoms with Crippen molar-refractivity contribution in [2.75, 3.05) is 20.3 Å². The molecule has 9 heteroatoms. The average Bonchev–Trinajstić information content (AvgIpc) is 3.25. The second kappa shape index (κ2) is 9.77. The zero-order chi connectivity index (χ0) is 22.7. The SMILES string of the molecule is COCCCN1C(=S)NC(c2cccc(Cl)c2)C(c2nc(-c3cccc(F)c3)no2)=C1C. The summed E-state index contributed by atoms with van der Waals surface area (Å²) >= 11 is 11.9. The Labute approximate surface area is 196 Å². The second-order valence-corrected chi connectivity index (χ2v) is 8.19. The highest BCUT2D eigenvalue weighted by atomic mass is 35.5. The van der Waals surface area contributed by atoms with E-state index in [1.165, 1.54) is 12.1 Å². The van der Waals surface area contributed by atoms with E-state index in [0.717, 1.165) is 23.3 Å². The molecule has 0 saturated heterocycles. The van der Waals surface area contributed by atoms with Gasteiger partial charge in [0.15, 0.2) is 5.11 Å². The minimum absolute atomic E-state index is 0.309. The molecule has 1 aliphatic heterocycles. The van der Waals surface area contributed by atoms with Gasteiger partial charge in [0.25, 0.3) is 5.89 Å². The Morgan fingerprint density at radius 2 is 2.06 bits per heavy atom. The van der Waals surface area contributed by atoms with Gasteiger partial charge in [-0.05, 0) is 55.4 Å². The predicted molar refractivity (Wildman–Crippen MR) is 125 cm³/mol. The van der Waals surface area contributed by atoms with Crippen LogP contribution in [0.1, 0.15) is 30.8 Å². The highest BCUT2D eigenvalue weighted by molar-refractivity contribution is 7.80. The van der Waals surface area contributed by atoms with Crippen LogP contribution < -0.4 is 5.32 Å². The van der Waals surface area contributed by atoms with Gasteiger partial charge in [-0.1, -0.05) is 41.0 Å². The van der Waals surface area contributed by atoms with Gasteiger partial charge in [-0.15, -0.1) is 0 Å². The molecular weight excluding hydrogens is 451 g/mol. The fraction of sp³-hybridized carbons (Fsp3) is 0.261. The van der Waals surface area contributed by atoms with Crippen molar-refractivity contribution < 1.29 is 13.7 Å². The molecule has 2 heterocycles. The first-order valence-electron chi connectivity index (χ1n) is 10.1. The standard InChI is InChI=1S/C23H22ClFN4O2S/c1-14-19(22-27-21(28-31-22)16-7-4-9-18(25)13-16)20(15-6-3-8-17(24)12-15)26-23(32)29(14)10-5-11-30-2/h3-4,6-9,12-13,20H,5,10-11H2,1-2H3,(H,26,32). The predicted octanol–water partition coefficient (Wildman–Crippen LogP) is 5.23. The van der Waals surface area contributed by atoms with Crippen LogP contribution in [-0.2, 0) is 4.74 Å². The number of methoxy groups -OCH3 is 1. The van der Waals surface area contributed by atoms with E-state index in [2.05, 4.69) is 15.5 Å². The first-order valence-corrected chi connectivity index (χ1v) is 10.9. The minimum atomic E-state index is -0.366. The molecule has 1 N–H and O–H groups in total. The number of benzene rings is 2. The van der Waals surface area contributed by atoms with E-state index >= 15 is 0 Å². The number of hydrogen-bond acceptors (Lipinski definition) is 5. The number of ether oxygens (including phenoxy) is 1. The summed E-state index contributed by atoms with van der Waals surface area (Å²) in [6.45, 7) is 3.25. The molecule has 1 aromatic heterocycles. The third-order valence-corrected chi connectivity index (χ3v) is 5.82. The van der Waals surface area contributed by atoms with Gasteiger partial charge in [-0.2, -0.15) is 4.98 Å². The molecule has 0 amide bonds. The number of halogens is 2. The maximum atomic E-state index is 13.7. The highest BCUT2D eigenvalue weighted by Gasteiger charge is 2.34. The highest BCUT2D eigenvalue weighted by Crippen LogP contribution is 2.38. The third kappa shape index (κ3) is 4.67. The number of nitrogens with one attached hydrogen (secondary N) is 1. The van der Waals surface area contributed by atoms with E-state index in [-0.39, 0.29) is 11.9 Å². The molecule has 0 fully saturated rings. The van der Waals surface area contributed by atoms with Gasteiger partial charge in [-0.25, -0.2) is 4.39 Å². The Hall–Kier alpha value is -2.81. The third-order valence-electron chi connectivity index (χ3n) is 5.25. The zero-order valence-electron chi connectivity index (χ0n) is 17.6. The molecule has 1 unspecified atom stereocenters. The summed E-state index contributed by atoms with van der Waals surface area (Å²) in [6, 6.07) is 13.3. The van der Waals surface area contributed by atoms with Crippen molar-refractivity contribution in [2.45, 2.75) is 19.4 Å². The Morgan fingerprint density at radius 3 is 2.81 bits per heavy atom. The van der Waals surface area contributed by atoms with Crippen LogP contribution in [0.5, 0.6) is 0 Å². The summed E-state index contributed by atoms with van der Waals surface area (Å²) in [5.41, 5.74) is 3.13. The van der Waals surface area contributed by atoms with Gasteiger partial charge < -0.3 is 19.5 Å². The quantitative estimate of drug-likeness (QED) is 0.373. The van der Waals surface area contributed by atoms with Gasteiger partial charge >= 0.3 is 0 Å². The Bertz CT molecular complexity index is 1170. The Morgan fingerprint density at radius 1 is 1.25 bits per heavy atom. The Balaban J connectivity index is 1.78. The van der Waals surface area contributed by atoms with Crippen LogP contribution >= 0.6 is 23.8 Å². The number of thiocarbonyl (C=S) groups is 1. The molecule has 0 saturated carbocycles. The van der Waals surface area contributed by atoms with Gasteiger partial charge in [-0.3, -0.25) is 0 Å². The van der Waals surface area contributed by atoms with Gasteiger partial charge in [0.05, 0.1) is 11.6 Å². The number of allylic oxidation sites excluding steroid dienone is 1. The van der Waals surface area contributed by atoms with Crippen molar-refractivity contribution in [1.29, 1.82) is 0 Å². The summed E-state index contributed by atoms with van der Waals surface area (Å²) in [7, 11) is 1.67. The smallest absolute Gasteiger partial charge is 0.258 e. The molecule has 3 aromatic rings. The van der Waals surface area contributed by atoms with Crippen LogP contribution in [0.25, 0.3) is 17.0 Å². The van der Waals surface area contributed by atoms with Gasteiger partial charge in [0, 0.05) is 36.5 Å². The molecule has 0 spiro atoms. The lowest BCUT2D eigenvalue weighted by Crippen LogP contribution is -2.46. The van der Waals surface area contributed by atoms with Crippen molar-refractivity contribution in [1.82, 2.24) is 20.4 Å². The maximum absolute atomic E-state index is 13.7. The van der Waals surface area contributed by atoms with Gasteiger partial charge in [0.2, 0.25) is 5.82 Å². The monoisotopic (exact) mass is 472 g/mol. The molecule has 166 valence electrons. The molecule has 32 heavy (non-hydrogen) atoms. The second-order valence-electron chi connectivity index (χ2n) is 7.37. The molecule has 4 rings (SSSR count). The molecular formula is C23H22ClFN4O2S.